The van der Waals surface area contributed by atoms with Crippen LogP contribution in [0.15, 0.2) is 58.4 Å². The van der Waals surface area contributed by atoms with E-state index in [1.807, 2.05) is 12.1 Å². The van der Waals surface area contributed by atoms with Crippen LogP contribution in [0.5, 0.6) is 11.5 Å². The molecule has 2 aromatic carbocycles. The van der Waals surface area contributed by atoms with Crippen LogP contribution in [0.2, 0.25) is 0 Å². The lowest BCUT2D eigenvalue weighted by molar-refractivity contribution is -0.142. The number of carbonyl (C=O) groups excluding carboxylic acids is 2. The van der Waals surface area contributed by atoms with Gasteiger partial charge in [0, 0.05) is 22.0 Å². The fraction of sp³-hybridized carbons (Fsp3) is 0.190. The van der Waals surface area contributed by atoms with E-state index in [0.29, 0.717) is 22.2 Å². The van der Waals surface area contributed by atoms with Crippen molar-refractivity contribution in [3.63, 3.8) is 0 Å². The summed E-state index contributed by atoms with van der Waals surface area (Å²) in [6, 6.07) is 14.2. The molecule has 0 saturated carbocycles. The van der Waals surface area contributed by atoms with Crippen molar-refractivity contribution in [2.75, 3.05) is 12.4 Å². The number of thioether (sulfide) groups is 1. The van der Waals surface area contributed by atoms with E-state index >= 15 is 0 Å². The van der Waals surface area contributed by atoms with E-state index in [1.165, 1.54) is 11.8 Å². The zero-order chi connectivity index (χ0) is 20.8. The first-order valence-corrected chi connectivity index (χ1v) is 10.9. The van der Waals surface area contributed by atoms with Gasteiger partial charge >= 0.3 is 10.8 Å². The van der Waals surface area contributed by atoms with Crippen molar-refractivity contribution in [1.82, 2.24) is 4.98 Å². The number of esters is 1. The smallest absolute Gasteiger partial charge is 0.317 e. The van der Waals surface area contributed by atoms with Crippen molar-refractivity contribution in [1.29, 1.82) is 0 Å². The van der Waals surface area contributed by atoms with Gasteiger partial charge in [0.2, 0.25) is 5.91 Å². The molecule has 0 bridgehead atoms. The molecule has 3 heterocycles. The first-order valence-electron chi connectivity index (χ1n) is 9.20. The number of carbonyl (C=O) groups is 2. The maximum absolute atomic E-state index is 13.2. The van der Waals surface area contributed by atoms with Crippen LogP contribution in [0.25, 0.3) is 0 Å². The molecule has 2 aliphatic heterocycles. The Labute approximate surface area is 179 Å². The SMILES string of the molecule is COc1ccc(NC(=O)[C@H]2Sc3[nH]c(=O)sc3[C@@H]3c4ccccc4OC(=O)[C@@H]32)cc1. The first kappa shape index (κ1) is 19.0. The van der Waals surface area contributed by atoms with Crippen LogP contribution < -0.4 is 19.7 Å². The van der Waals surface area contributed by atoms with Gasteiger partial charge < -0.3 is 19.8 Å². The van der Waals surface area contributed by atoms with Crippen molar-refractivity contribution < 1.29 is 19.1 Å². The minimum absolute atomic E-state index is 0.209. The fourth-order valence-electron chi connectivity index (χ4n) is 3.86. The number of methoxy groups -OCH3 is 1. The number of benzene rings is 2. The average Bonchev–Trinajstić information content (AvgIpc) is 3.13. The minimum Gasteiger partial charge on any atom is -0.497 e. The number of anilines is 1. The zero-order valence-electron chi connectivity index (χ0n) is 15.7. The maximum Gasteiger partial charge on any atom is 0.317 e. The summed E-state index contributed by atoms with van der Waals surface area (Å²) in [6.07, 6.45) is 0. The van der Waals surface area contributed by atoms with Crippen LogP contribution >= 0.6 is 23.1 Å². The fourth-order valence-corrected chi connectivity index (χ4v) is 6.32. The van der Waals surface area contributed by atoms with Crippen LogP contribution in [0.4, 0.5) is 5.69 Å². The summed E-state index contributed by atoms with van der Waals surface area (Å²) in [5.74, 6) is -0.789. The van der Waals surface area contributed by atoms with Gasteiger partial charge in [-0.25, -0.2) is 0 Å². The maximum atomic E-state index is 13.2. The van der Waals surface area contributed by atoms with E-state index in [1.54, 1.807) is 43.5 Å². The third kappa shape index (κ3) is 3.10. The number of aromatic amines is 1. The Morgan fingerprint density at radius 1 is 1.13 bits per heavy atom. The molecular weight excluding hydrogens is 424 g/mol. The highest BCUT2D eigenvalue weighted by Crippen LogP contribution is 2.53. The van der Waals surface area contributed by atoms with Crippen molar-refractivity contribution in [3.05, 3.63) is 68.6 Å². The first-order chi connectivity index (χ1) is 14.5. The van der Waals surface area contributed by atoms with Crippen molar-refractivity contribution in [3.8, 4) is 11.5 Å². The number of fused-ring (bicyclic) bond motifs is 5. The van der Waals surface area contributed by atoms with Crippen LogP contribution in [-0.4, -0.2) is 29.2 Å². The van der Waals surface area contributed by atoms with E-state index < -0.39 is 23.1 Å². The number of hydrogen-bond donors (Lipinski definition) is 2. The average molecular weight is 441 g/mol. The largest absolute Gasteiger partial charge is 0.497 e. The van der Waals surface area contributed by atoms with Crippen molar-refractivity contribution in [2.45, 2.75) is 16.2 Å². The van der Waals surface area contributed by atoms with E-state index in [4.69, 9.17) is 9.47 Å². The number of amides is 1. The Kier molecular flexibility index (Phi) is 4.63. The standard InChI is InChI=1S/C21H16N2O5S2/c1-27-11-8-6-10(7-9-11)22-18(24)16-15-14(17-19(29-16)23-21(26)30-17)12-4-2-3-5-13(12)28-20(15)25/h2-9,14-16H,1H3,(H,22,24)(H,23,26)/t14-,15+,16+/m1/s1. The summed E-state index contributed by atoms with van der Waals surface area (Å²) in [7, 11) is 1.57. The summed E-state index contributed by atoms with van der Waals surface area (Å²) in [5.41, 5.74) is 1.40. The Bertz CT molecular complexity index is 1200. The quantitative estimate of drug-likeness (QED) is 0.479. The molecule has 0 fully saturated rings. The topological polar surface area (TPSA) is 97.5 Å². The summed E-state index contributed by atoms with van der Waals surface area (Å²) in [4.78, 5) is 41.6. The summed E-state index contributed by atoms with van der Waals surface area (Å²) >= 11 is 2.27. The molecule has 1 aromatic heterocycles. The van der Waals surface area contributed by atoms with E-state index in [9.17, 15) is 14.4 Å². The molecule has 0 spiro atoms. The van der Waals surface area contributed by atoms with Gasteiger partial charge in [-0.1, -0.05) is 41.3 Å². The molecular formula is C21H16N2O5S2. The number of ether oxygens (including phenoxy) is 2. The summed E-state index contributed by atoms with van der Waals surface area (Å²) in [6.45, 7) is 0. The monoisotopic (exact) mass is 440 g/mol. The second kappa shape index (κ2) is 7.33. The molecule has 0 saturated heterocycles. The number of aromatic nitrogens is 1. The van der Waals surface area contributed by atoms with Crippen LogP contribution in [0.1, 0.15) is 16.4 Å². The number of hydrogen-bond acceptors (Lipinski definition) is 7. The van der Waals surface area contributed by atoms with E-state index in [0.717, 1.165) is 21.8 Å². The van der Waals surface area contributed by atoms with Gasteiger partial charge in [0.1, 0.15) is 16.7 Å². The predicted molar refractivity (Wildman–Crippen MR) is 114 cm³/mol. The molecule has 0 unspecified atom stereocenters. The molecule has 152 valence electrons. The number of nitrogens with one attached hydrogen (secondary N) is 2. The lowest BCUT2D eigenvalue weighted by Gasteiger charge is -2.38. The van der Waals surface area contributed by atoms with Gasteiger partial charge in [0.15, 0.2) is 0 Å². The molecule has 9 heteroatoms. The predicted octanol–water partition coefficient (Wildman–Crippen LogP) is 3.23. The van der Waals surface area contributed by atoms with Gasteiger partial charge in [0.05, 0.1) is 18.1 Å². The lowest BCUT2D eigenvalue weighted by Crippen LogP contribution is -2.46. The van der Waals surface area contributed by atoms with Gasteiger partial charge in [-0.15, -0.1) is 0 Å². The molecule has 0 aliphatic carbocycles. The highest BCUT2D eigenvalue weighted by atomic mass is 32.2. The molecule has 2 N–H and O–H groups in total. The number of rotatable bonds is 3. The molecule has 1 amide bonds. The highest BCUT2D eigenvalue weighted by molar-refractivity contribution is 8.00. The molecule has 0 radical (unpaired) electrons. The normalized spacial score (nSPS) is 21.6. The lowest BCUT2D eigenvalue weighted by atomic mass is 9.80. The summed E-state index contributed by atoms with van der Waals surface area (Å²) in [5, 5.41) is 2.74. The minimum atomic E-state index is -0.754. The Morgan fingerprint density at radius 2 is 1.90 bits per heavy atom. The number of thiazole rings is 1. The number of para-hydroxylation sites is 1. The Balaban J connectivity index is 1.54. The second-order valence-electron chi connectivity index (χ2n) is 6.93. The van der Waals surface area contributed by atoms with Gasteiger partial charge in [0.25, 0.3) is 0 Å². The summed E-state index contributed by atoms with van der Waals surface area (Å²) < 4.78 is 10.7. The van der Waals surface area contributed by atoms with Crippen molar-refractivity contribution in [2.24, 2.45) is 5.92 Å². The second-order valence-corrected chi connectivity index (χ2v) is 9.09. The zero-order valence-corrected chi connectivity index (χ0v) is 17.3. The van der Waals surface area contributed by atoms with Crippen LogP contribution in [-0.2, 0) is 9.59 Å². The molecule has 5 rings (SSSR count). The van der Waals surface area contributed by atoms with Crippen LogP contribution in [0, 0.1) is 5.92 Å². The van der Waals surface area contributed by atoms with E-state index in [2.05, 4.69) is 10.3 Å². The van der Waals surface area contributed by atoms with Gasteiger partial charge in [-0.3, -0.25) is 14.4 Å². The van der Waals surface area contributed by atoms with Gasteiger partial charge in [-0.2, -0.15) is 0 Å². The molecule has 3 aromatic rings. The highest BCUT2D eigenvalue weighted by Gasteiger charge is 2.51. The van der Waals surface area contributed by atoms with Crippen LogP contribution in [0.3, 0.4) is 0 Å². The van der Waals surface area contributed by atoms with E-state index in [-0.39, 0.29) is 10.8 Å². The Hall–Kier alpha value is -3.04. The third-order valence-corrected chi connectivity index (χ3v) is 7.62. The molecule has 2 aliphatic rings. The third-order valence-electron chi connectivity index (χ3n) is 5.21. The Morgan fingerprint density at radius 3 is 2.67 bits per heavy atom. The number of H-pyrrole nitrogens is 1. The van der Waals surface area contributed by atoms with Gasteiger partial charge in [-0.05, 0) is 30.3 Å². The van der Waals surface area contributed by atoms with Crippen molar-refractivity contribution >= 4 is 40.7 Å². The molecule has 3 atom stereocenters. The molecule has 7 nitrogen and oxygen atoms in total. The molecule has 30 heavy (non-hydrogen) atoms.